The standard InChI is InChI=1S/C12H13NOS2/c1-8-3-10(14)5-11(4-8)15-6-12-9(2)13-7-16-12/h3-5,7,14H,6H2,1-2H3. The predicted molar refractivity (Wildman–Crippen MR) is 69.3 cm³/mol. The van der Waals surface area contributed by atoms with Crippen LogP contribution in [0.1, 0.15) is 16.1 Å². The van der Waals surface area contributed by atoms with E-state index < -0.39 is 0 Å². The number of thiazole rings is 1. The van der Waals surface area contributed by atoms with Gasteiger partial charge in [-0.2, -0.15) is 0 Å². The van der Waals surface area contributed by atoms with E-state index in [0.717, 1.165) is 21.9 Å². The first-order valence-electron chi connectivity index (χ1n) is 4.97. The highest BCUT2D eigenvalue weighted by Crippen LogP contribution is 2.29. The molecule has 0 bridgehead atoms. The Morgan fingerprint density at radius 1 is 1.31 bits per heavy atom. The van der Waals surface area contributed by atoms with Crippen LogP contribution in [0.3, 0.4) is 0 Å². The monoisotopic (exact) mass is 251 g/mol. The second-order valence-corrected chi connectivity index (χ2v) is 5.64. The Labute approximate surface area is 103 Å². The smallest absolute Gasteiger partial charge is 0.116 e. The number of phenols is 1. The first-order valence-corrected chi connectivity index (χ1v) is 6.84. The minimum absolute atomic E-state index is 0.337. The summed E-state index contributed by atoms with van der Waals surface area (Å²) in [7, 11) is 0. The zero-order valence-electron chi connectivity index (χ0n) is 9.23. The minimum atomic E-state index is 0.337. The van der Waals surface area contributed by atoms with Crippen LogP contribution in [0.2, 0.25) is 0 Å². The lowest BCUT2D eigenvalue weighted by Crippen LogP contribution is -1.81. The van der Waals surface area contributed by atoms with Gasteiger partial charge in [-0.1, -0.05) is 0 Å². The van der Waals surface area contributed by atoms with E-state index in [4.69, 9.17) is 0 Å². The fourth-order valence-corrected chi connectivity index (χ4v) is 3.42. The van der Waals surface area contributed by atoms with Crippen molar-refractivity contribution in [2.24, 2.45) is 0 Å². The summed E-state index contributed by atoms with van der Waals surface area (Å²) in [5.74, 6) is 1.25. The van der Waals surface area contributed by atoms with Crippen LogP contribution in [0.4, 0.5) is 0 Å². The topological polar surface area (TPSA) is 33.1 Å². The van der Waals surface area contributed by atoms with Crippen molar-refractivity contribution in [1.82, 2.24) is 4.98 Å². The van der Waals surface area contributed by atoms with Gasteiger partial charge in [0.2, 0.25) is 0 Å². The van der Waals surface area contributed by atoms with Gasteiger partial charge in [0.05, 0.1) is 11.2 Å². The van der Waals surface area contributed by atoms with Gasteiger partial charge in [0.1, 0.15) is 5.75 Å². The number of aromatic nitrogens is 1. The van der Waals surface area contributed by atoms with Gasteiger partial charge in [0.15, 0.2) is 0 Å². The fourth-order valence-electron chi connectivity index (χ4n) is 1.43. The SMILES string of the molecule is Cc1cc(O)cc(SCc2scnc2C)c1. The van der Waals surface area contributed by atoms with Crippen molar-refractivity contribution in [1.29, 1.82) is 0 Å². The van der Waals surface area contributed by atoms with Crippen molar-refractivity contribution in [2.45, 2.75) is 24.5 Å². The molecule has 1 aromatic carbocycles. The number of nitrogens with zero attached hydrogens (tertiary/aromatic N) is 1. The number of rotatable bonds is 3. The maximum Gasteiger partial charge on any atom is 0.116 e. The van der Waals surface area contributed by atoms with Gasteiger partial charge in [0, 0.05) is 15.5 Å². The van der Waals surface area contributed by atoms with Gasteiger partial charge in [-0.05, 0) is 37.6 Å². The zero-order valence-corrected chi connectivity index (χ0v) is 10.9. The van der Waals surface area contributed by atoms with Crippen molar-refractivity contribution in [2.75, 3.05) is 0 Å². The summed E-state index contributed by atoms with van der Waals surface area (Å²) in [5, 5.41) is 9.48. The van der Waals surface area contributed by atoms with Gasteiger partial charge >= 0.3 is 0 Å². The van der Waals surface area contributed by atoms with Crippen LogP contribution in [0, 0.1) is 13.8 Å². The van der Waals surface area contributed by atoms with Gasteiger partial charge in [0.25, 0.3) is 0 Å². The maximum atomic E-state index is 9.48. The van der Waals surface area contributed by atoms with Gasteiger partial charge < -0.3 is 5.11 Å². The third kappa shape index (κ3) is 2.77. The summed E-state index contributed by atoms with van der Waals surface area (Å²) < 4.78 is 0. The Morgan fingerprint density at radius 3 is 2.75 bits per heavy atom. The molecule has 0 fully saturated rings. The molecule has 0 aliphatic rings. The van der Waals surface area contributed by atoms with E-state index in [2.05, 4.69) is 11.1 Å². The van der Waals surface area contributed by atoms with E-state index in [9.17, 15) is 5.11 Å². The number of hydrogen-bond acceptors (Lipinski definition) is 4. The molecule has 84 valence electrons. The van der Waals surface area contributed by atoms with Crippen LogP contribution in [-0.2, 0) is 5.75 Å². The van der Waals surface area contributed by atoms with E-state index in [-0.39, 0.29) is 0 Å². The van der Waals surface area contributed by atoms with Crippen LogP contribution in [0.25, 0.3) is 0 Å². The molecule has 2 rings (SSSR count). The van der Waals surface area contributed by atoms with Crippen molar-refractivity contribution in [3.8, 4) is 5.75 Å². The van der Waals surface area contributed by atoms with Crippen LogP contribution in [0.15, 0.2) is 28.6 Å². The first kappa shape index (κ1) is 11.5. The molecule has 1 N–H and O–H groups in total. The summed E-state index contributed by atoms with van der Waals surface area (Å²) in [6.07, 6.45) is 0. The van der Waals surface area contributed by atoms with Crippen LogP contribution in [-0.4, -0.2) is 10.1 Å². The van der Waals surface area contributed by atoms with E-state index in [1.807, 2.05) is 19.4 Å². The second kappa shape index (κ2) is 4.89. The summed E-state index contributed by atoms with van der Waals surface area (Å²) in [6.45, 7) is 4.02. The third-order valence-electron chi connectivity index (χ3n) is 2.25. The Morgan fingerprint density at radius 2 is 2.12 bits per heavy atom. The molecule has 0 spiro atoms. The highest BCUT2D eigenvalue weighted by molar-refractivity contribution is 7.98. The molecule has 4 heteroatoms. The van der Waals surface area contributed by atoms with Crippen LogP contribution in [0.5, 0.6) is 5.75 Å². The first-order chi connectivity index (χ1) is 7.65. The van der Waals surface area contributed by atoms with E-state index in [1.165, 1.54) is 4.88 Å². The lowest BCUT2D eigenvalue weighted by Gasteiger charge is -2.03. The molecule has 2 aromatic rings. The average Bonchev–Trinajstić information content (AvgIpc) is 2.59. The summed E-state index contributed by atoms with van der Waals surface area (Å²) in [6, 6.07) is 5.65. The number of benzene rings is 1. The molecule has 0 saturated heterocycles. The highest BCUT2D eigenvalue weighted by atomic mass is 32.2. The molecule has 0 aliphatic carbocycles. The number of hydrogen-bond donors (Lipinski definition) is 1. The minimum Gasteiger partial charge on any atom is -0.508 e. The normalized spacial score (nSPS) is 10.6. The Kier molecular flexibility index (Phi) is 3.51. The molecule has 2 nitrogen and oxygen atoms in total. The molecule has 0 amide bonds. The molecule has 0 aliphatic heterocycles. The number of aromatic hydroxyl groups is 1. The van der Waals surface area contributed by atoms with Crippen LogP contribution >= 0.6 is 23.1 Å². The van der Waals surface area contributed by atoms with Crippen molar-refractivity contribution in [3.63, 3.8) is 0 Å². The number of aryl methyl sites for hydroxylation is 2. The largest absolute Gasteiger partial charge is 0.508 e. The maximum absolute atomic E-state index is 9.48. The summed E-state index contributed by atoms with van der Waals surface area (Å²) in [5.41, 5.74) is 4.07. The van der Waals surface area contributed by atoms with E-state index in [0.29, 0.717) is 5.75 Å². The van der Waals surface area contributed by atoms with Gasteiger partial charge in [-0.3, -0.25) is 0 Å². The highest BCUT2D eigenvalue weighted by Gasteiger charge is 2.03. The zero-order chi connectivity index (χ0) is 11.5. The molecule has 0 atom stereocenters. The molecule has 1 heterocycles. The fraction of sp³-hybridized carbons (Fsp3) is 0.250. The second-order valence-electron chi connectivity index (χ2n) is 3.65. The summed E-state index contributed by atoms with van der Waals surface area (Å²) in [4.78, 5) is 6.62. The van der Waals surface area contributed by atoms with Crippen molar-refractivity contribution in [3.05, 3.63) is 39.8 Å². The molecular weight excluding hydrogens is 238 g/mol. The molecule has 16 heavy (non-hydrogen) atoms. The average molecular weight is 251 g/mol. The Bertz CT molecular complexity index is 473. The van der Waals surface area contributed by atoms with Gasteiger partial charge in [-0.25, -0.2) is 4.98 Å². The van der Waals surface area contributed by atoms with Crippen LogP contribution < -0.4 is 0 Å². The van der Waals surface area contributed by atoms with Crippen molar-refractivity contribution < 1.29 is 5.11 Å². The molecule has 0 saturated carbocycles. The van der Waals surface area contributed by atoms with E-state index >= 15 is 0 Å². The summed E-state index contributed by atoms with van der Waals surface area (Å²) >= 11 is 3.41. The number of phenolic OH excluding ortho intramolecular Hbond substituents is 1. The van der Waals surface area contributed by atoms with Crippen molar-refractivity contribution >= 4 is 23.1 Å². The van der Waals surface area contributed by atoms with Gasteiger partial charge in [-0.15, -0.1) is 23.1 Å². The quantitative estimate of drug-likeness (QED) is 0.843. The lowest BCUT2D eigenvalue weighted by molar-refractivity contribution is 0.473. The Hall–Kier alpha value is -1.00. The molecule has 0 radical (unpaired) electrons. The molecular formula is C12H13NOS2. The lowest BCUT2D eigenvalue weighted by atomic mass is 10.2. The Balaban J connectivity index is 2.07. The number of thioether (sulfide) groups is 1. The molecule has 1 aromatic heterocycles. The molecule has 0 unspecified atom stereocenters. The van der Waals surface area contributed by atoms with E-state index in [1.54, 1.807) is 35.2 Å². The predicted octanol–water partition coefficient (Wildman–Crippen LogP) is 3.76. The third-order valence-corrected chi connectivity index (χ3v) is 4.37.